The zero-order valence-electron chi connectivity index (χ0n) is 20.1. The van der Waals surface area contributed by atoms with Crippen LogP contribution in [0.3, 0.4) is 0 Å². The number of fused-ring (bicyclic) bond motifs is 1. The summed E-state index contributed by atoms with van der Waals surface area (Å²) in [4.78, 5) is 17.3. The third-order valence-corrected chi connectivity index (χ3v) is 6.16. The minimum atomic E-state index is -1.02. The first kappa shape index (κ1) is 22.6. The topological polar surface area (TPSA) is 84.5 Å². The smallest absolute Gasteiger partial charge is 0.255 e. The molecule has 7 nitrogen and oxygen atoms in total. The quantitative estimate of drug-likeness (QED) is 0.370. The minimum absolute atomic E-state index is 0.227. The maximum atomic E-state index is 13.1. The highest BCUT2D eigenvalue weighted by molar-refractivity contribution is 6.05. The van der Waals surface area contributed by atoms with Gasteiger partial charge in [-0.2, -0.15) is 5.10 Å². The number of carbonyl (C=O) groups is 1. The molecule has 0 aliphatic carbocycles. The van der Waals surface area contributed by atoms with Gasteiger partial charge in [0.2, 0.25) is 0 Å². The molecule has 0 atom stereocenters. The van der Waals surface area contributed by atoms with Gasteiger partial charge < -0.3 is 10.4 Å². The zero-order chi connectivity index (χ0) is 24.7. The minimum Gasteiger partial charge on any atom is -0.386 e. The van der Waals surface area contributed by atoms with Gasteiger partial charge >= 0.3 is 0 Å². The Kier molecular flexibility index (Phi) is 5.49. The molecule has 0 saturated heterocycles. The summed E-state index contributed by atoms with van der Waals surface area (Å²) in [5.41, 5.74) is 6.56. The average Bonchev–Trinajstić information content (AvgIpc) is 3.42. The van der Waals surface area contributed by atoms with Gasteiger partial charge in [-0.25, -0.2) is 4.52 Å². The van der Waals surface area contributed by atoms with Crippen molar-refractivity contribution in [2.24, 2.45) is 0 Å². The Labute approximate surface area is 203 Å². The van der Waals surface area contributed by atoms with Crippen molar-refractivity contribution < 1.29 is 9.90 Å². The molecule has 0 spiro atoms. The van der Waals surface area contributed by atoms with Gasteiger partial charge in [-0.3, -0.25) is 14.3 Å². The molecule has 5 aromatic rings. The molecule has 7 heteroatoms. The molecular weight excluding hydrogens is 438 g/mol. The Balaban J connectivity index is 1.50. The van der Waals surface area contributed by atoms with E-state index in [4.69, 9.17) is 0 Å². The second-order valence-electron chi connectivity index (χ2n) is 9.29. The molecule has 176 valence electrons. The van der Waals surface area contributed by atoms with Crippen LogP contribution in [0.4, 0.5) is 5.69 Å². The van der Waals surface area contributed by atoms with Crippen LogP contribution < -0.4 is 5.32 Å². The van der Waals surface area contributed by atoms with Crippen molar-refractivity contribution in [2.75, 3.05) is 5.32 Å². The van der Waals surface area contributed by atoms with Gasteiger partial charge in [-0.1, -0.05) is 18.2 Å². The lowest BCUT2D eigenvalue weighted by atomic mass is 9.96. The van der Waals surface area contributed by atoms with Crippen LogP contribution >= 0.6 is 0 Å². The summed E-state index contributed by atoms with van der Waals surface area (Å²) in [5, 5.41) is 18.0. The van der Waals surface area contributed by atoms with Crippen molar-refractivity contribution in [2.45, 2.75) is 33.3 Å². The molecule has 3 aromatic heterocycles. The average molecular weight is 466 g/mol. The summed E-state index contributed by atoms with van der Waals surface area (Å²) in [5.74, 6) is -0.227. The second-order valence-corrected chi connectivity index (χ2v) is 9.29. The number of hydrogen-bond donors (Lipinski definition) is 2. The van der Waals surface area contributed by atoms with Crippen molar-refractivity contribution in [1.29, 1.82) is 0 Å². The number of aliphatic hydroxyl groups is 1. The number of nitrogens with one attached hydrogen (secondary N) is 1. The molecule has 0 bridgehead atoms. The number of amides is 1. The van der Waals surface area contributed by atoms with Crippen LogP contribution in [0.2, 0.25) is 0 Å². The Hall–Kier alpha value is -4.23. The molecule has 0 fully saturated rings. The number of aromatic nitrogens is 4. The van der Waals surface area contributed by atoms with E-state index in [-0.39, 0.29) is 5.91 Å². The van der Waals surface area contributed by atoms with E-state index >= 15 is 0 Å². The zero-order valence-corrected chi connectivity index (χ0v) is 20.1. The predicted molar refractivity (Wildman–Crippen MR) is 137 cm³/mol. The Morgan fingerprint density at radius 2 is 1.83 bits per heavy atom. The highest BCUT2D eigenvalue weighted by Gasteiger charge is 2.19. The normalized spacial score (nSPS) is 11.7. The molecule has 2 N–H and O–H groups in total. The van der Waals surface area contributed by atoms with Gasteiger partial charge in [0, 0.05) is 47.7 Å². The van der Waals surface area contributed by atoms with Crippen molar-refractivity contribution in [1.82, 2.24) is 19.2 Å². The van der Waals surface area contributed by atoms with Gasteiger partial charge in [-0.05, 0) is 74.7 Å². The number of hydrogen-bond acceptors (Lipinski definition) is 4. The molecule has 2 aromatic carbocycles. The Morgan fingerprint density at radius 1 is 1.00 bits per heavy atom. The number of aryl methyl sites for hydroxylation is 2. The van der Waals surface area contributed by atoms with Crippen LogP contribution in [-0.4, -0.2) is 30.2 Å². The van der Waals surface area contributed by atoms with Crippen LogP contribution in [-0.2, 0) is 5.60 Å². The predicted octanol–water partition coefficient (Wildman–Crippen LogP) is 5.28. The van der Waals surface area contributed by atoms with E-state index in [0.717, 1.165) is 39.4 Å². The van der Waals surface area contributed by atoms with Gasteiger partial charge in [0.15, 0.2) is 0 Å². The van der Waals surface area contributed by atoms with Crippen LogP contribution in [0.5, 0.6) is 0 Å². The first-order valence-electron chi connectivity index (χ1n) is 11.4. The molecular formula is C28H27N5O2. The molecule has 0 aliphatic rings. The molecule has 0 saturated carbocycles. The fourth-order valence-corrected chi connectivity index (χ4v) is 4.21. The molecule has 1 amide bonds. The number of anilines is 1. The molecule has 3 heterocycles. The van der Waals surface area contributed by atoms with E-state index in [1.807, 2.05) is 54.2 Å². The van der Waals surface area contributed by atoms with Gasteiger partial charge in [0.05, 0.1) is 17.0 Å². The summed E-state index contributed by atoms with van der Waals surface area (Å²) in [7, 11) is 0. The number of benzene rings is 2. The summed E-state index contributed by atoms with van der Waals surface area (Å²) in [6, 6.07) is 17.0. The van der Waals surface area contributed by atoms with Crippen LogP contribution in [0.15, 0.2) is 79.4 Å². The lowest BCUT2D eigenvalue weighted by Crippen LogP contribution is -2.18. The fraction of sp³-hybridized carbons (Fsp3) is 0.179. The van der Waals surface area contributed by atoms with E-state index in [1.54, 1.807) is 44.4 Å². The lowest BCUT2D eigenvalue weighted by Gasteiger charge is -2.19. The van der Waals surface area contributed by atoms with Crippen molar-refractivity contribution in [3.05, 3.63) is 102 Å². The largest absolute Gasteiger partial charge is 0.386 e. The van der Waals surface area contributed by atoms with Crippen LogP contribution in [0.1, 0.15) is 40.9 Å². The van der Waals surface area contributed by atoms with Gasteiger partial charge in [-0.15, -0.1) is 0 Å². The first-order chi connectivity index (χ1) is 16.7. The molecule has 0 radical (unpaired) electrons. The number of pyridine rings is 1. The summed E-state index contributed by atoms with van der Waals surface area (Å²) >= 11 is 0. The van der Waals surface area contributed by atoms with Gasteiger partial charge in [0.1, 0.15) is 5.65 Å². The Bertz CT molecular complexity index is 1540. The Morgan fingerprint density at radius 3 is 2.57 bits per heavy atom. The molecule has 5 rings (SSSR count). The van der Waals surface area contributed by atoms with Gasteiger partial charge in [0.25, 0.3) is 5.91 Å². The van der Waals surface area contributed by atoms with E-state index in [9.17, 15) is 9.90 Å². The van der Waals surface area contributed by atoms with E-state index in [1.165, 1.54) is 0 Å². The lowest BCUT2D eigenvalue weighted by molar-refractivity contribution is 0.0785. The van der Waals surface area contributed by atoms with E-state index in [2.05, 4.69) is 33.0 Å². The number of imidazole rings is 1. The molecule has 0 aliphatic heterocycles. The maximum Gasteiger partial charge on any atom is 0.255 e. The monoisotopic (exact) mass is 465 g/mol. The number of rotatable bonds is 5. The van der Waals surface area contributed by atoms with Crippen LogP contribution in [0.25, 0.3) is 22.6 Å². The van der Waals surface area contributed by atoms with E-state index < -0.39 is 5.60 Å². The van der Waals surface area contributed by atoms with E-state index in [0.29, 0.717) is 11.1 Å². The number of carbonyl (C=O) groups excluding carboxylic acids is 1. The highest BCUT2D eigenvalue weighted by Crippen LogP contribution is 2.28. The number of nitrogens with zero attached hydrogens (tertiary/aromatic N) is 4. The standard InChI is InChI=1S/C28H27N5O2/c1-18-13-19(2)25(15-23(18)30-27(34)20-7-5-9-22(14-20)28(3,4)35)32-11-12-33-26(32)16-24(31-33)21-8-6-10-29-17-21/h5-17,35H,1-4H3,(H,30,34). The van der Waals surface area contributed by atoms with Crippen molar-refractivity contribution in [3.63, 3.8) is 0 Å². The van der Waals surface area contributed by atoms with Crippen LogP contribution in [0, 0.1) is 13.8 Å². The summed E-state index contributed by atoms with van der Waals surface area (Å²) in [6.45, 7) is 7.43. The van der Waals surface area contributed by atoms with Crippen molar-refractivity contribution >= 4 is 17.2 Å². The molecule has 0 unspecified atom stereocenters. The third kappa shape index (κ3) is 4.34. The third-order valence-electron chi connectivity index (χ3n) is 6.16. The first-order valence-corrected chi connectivity index (χ1v) is 11.4. The molecule has 35 heavy (non-hydrogen) atoms. The summed E-state index contributed by atoms with van der Waals surface area (Å²) < 4.78 is 3.90. The highest BCUT2D eigenvalue weighted by atomic mass is 16.3. The fourth-order valence-electron chi connectivity index (χ4n) is 4.21. The summed E-state index contributed by atoms with van der Waals surface area (Å²) in [6.07, 6.45) is 7.41. The SMILES string of the molecule is Cc1cc(C)c(-n2ccn3nc(-c4cccnc4)cc23)cc1NC(=O)c1cccc(C(C)(C)O)c1. The second kappa shape index (κ2) is 8.52. The maximum absolute atomic E-state index is 13.1. The van der Waals surface area contributed by atoms with Crippen molar-refractivity contribution in [3.8, 4) is 16.9 Å².